The van der Waals surface area contributed by atoms with Gasteiger partial charge in [-0.1, -0.05) is 30.3 Å². The number of rotatable bonds is 8. The Balaban J connectivity index is 1.49. The molecule has 0 unspecified atom stereocenters. The predicted octanol–water partition coefficient (Wildman–Crippen LogP) is 3.04. The summed E-state index contributed by atoms with van der Waals surface area (Å²) < 4.78 is 5.80. The lowest BCUT2D eigenvalue weighted by molar-refractivity contribution is 0.287. The third kappa shape index (κ3) is 5.58. The van der Waals surface area contributed by atoms with Crippen molar-refractivity contribution in [2.24, 2.45) is 5.73 Å². The van der Waals surface area contributed by atoms with Crippen molar-refractivity contribution in [1.82, 2.24) is 9.97 Å². The molecule has 3 N–H and O–H groups in total. The molecule has 0 amide bonds. The molecule has 0 aliphatic heterocycles. The van der Waals surface area contributed by atoms with Gasteiger partial charge in [-0.2, -0.15) is 0 Å². The molecule has 1 aromatic carbocycles. The Morgan fingerprint density at radius 2 is 1.76 bits per heavy atom. The van der Waals surface area contributed by atoms with Crippen LogP contribution >= 0.6 is 0 Å². The summed E-state index contributed by atoms with van der Waals surface area (Å²) in [6.07, 6.45) is 7.82. The van der Waals surface area contributed by atoms with Gasteiger partial charge < -0.3 is 15.8 Å². The van der Waals surface area contributed by atoms with Crippen molar-refractivity contribution in [2.75, 3.05) is 11.9 Å². The number of hydrogen-bond acceptors (Lipinski definition) is 5. The Bertz CT molecular complexity index is 765. The molecule has 0 aliphatic rings. The number of nitrogens with one attached hydrogen (secondary N) is 1. The summed E-state index contributed by atoms with van der Waals surface area (Å²) in [4.78, 5) is 8.23. The van der Waals surface area contributed by atoms with Gasteiger partial charge in [0.15, 0.2) is 0 Å². The second-order valence-corrected chi connectivity index (χ2v) is 5.88. The van der Waals surface area contributed by atoms with E-state index in [1.165, 1.54) is 5.56 Å². The zero-order chi connectivity index (χ0) is 17.3. The number of anilines is 1. The van der Waals surface area contributed by atoms with Crippen molar-refractivity contribution in [3.8, 4) is 5.75 Å². The number of pyridine rings is 2. The van der Waals surface area contributed by atoms with Gasteiger partial charge >= 0.3 is 0 Å². The molecule has 25 heavy (non-hydrogen) atoms. The molecule has 3 aromatic rings. The van der Waals surface area contributed by atoms with E-state index in [-0.39, 0.29) is 6.04 Å². The van der Waals surface area contributed by atoms with Gasteiger partial charge in [-0.05, 0) is 29.7 Å². The fourth-order valence-corrected chi connectivity index (χ4v) is 2.48. The largest absolute Gasteiger partial charge is 0.490 e. The molecule has 0 fully saturated rings. The number of benzene rings is 1. The highest BCUT2D eigenvalue weighted by molar-refractivity contribution is 5.45. The van der Waals surface area contributed by atoms with E-state index in [9.17, 15) is 0 Å². The molecule has 2 aromatic heterocycles. The van der Waals surface area contributed by atoms with Crippen LogP contribution in [-0.4, -0.2) is 22.6 Å². The van der Waals surface area contributed by atoms with Crippen LogP contribution in [-0.2, 0) is 13.0 Å². The number of nitrogens with two attached hydrogens (primary N) is 1. The van der Waals surface area contributed by atoms with Crippen molar-refractivity contribution in [2.45, 2.75) is 19.0 Å². The van der Waals surface area contributed by atoms with Crippen LogP contribution in [0.5, 0.6) is 5.75 Å². The Morgan fingerprint density at radius 3 is 2.56 bits per heavy atom. The first kappa shape index (κ1) is 16.9. The third-order valence-electron chi connectivity index (χ3n) is 3.76. The number of aromatic nitrogens is 2. The van der Waals surface area contributed by atoms with E-state index in [1.807, 2.05) is 36.4 Å². The molecule has 5 heteroatoms. The van der Waals surface area contributed by atoms with Crippen molar-refractivity contribution < 1.29 is 4.74 Å². The van der Waals surface area contributed by atoms with Gasteiger partial charge in [-0.3, -0.25) is 9.97 Å². The normalized spacial score (nSPS) is 11.7. The summed E-state index contributed by atoms with van der Waals surface area (Å²) in [6.45, 7) is 1.16. The standard InChI is InChI=1S/C20H22N4O/c21-18(10-16-4-2-1-3-5-16)15-25-20-11-19(13-23-14-20)24-12-17-6-8-22-9-7-17/h1-9,11,13-14,18,24H,10,12,15,21H2/t18-/m0/s1. The minimum atomic E-state index is -0.0594. The SMILES string of the molecule is N[C@H](COc1cncc(NCc2ccncc2)c1)Cc1ccccc1. The monoisotopic (exact) mass is 334 g/mol. The van der Waals surface area contributed by atoms with Crippen LogP contribution in [0.2, 0.25) is 0 Å². The number of ether oxygens (including phenoxy) is 1. The Hall–Kier alpha value is -2.92. The fraction of sp³-hybridized carbons (Fsp3) is 0.200. The molecule has 0 bridgehead atoms. The number of hydrogen-bond donors (Lipinski definition) is 2. The third-order valence-corrected chi connectivity index (χ3v) is 3.76. The first-order valence-electron chi connectivity index (χ1n) is 8.30. The molecule has 3 rings (SSSR count). The summed E-state index contributed by atoms with van der Waals surface area (Å²) in [5, 5.41) is 3.33. The van der Waals surface area contributed by atoms with Crippen LogP contribution in [0.3, 0.4) is 0 Å². The van der Waals surface area contributed by atoms with Gasteiger partial charge in [0.05, 0.1) is 18.1 Å². The topological polar surface area (TPSA) is 73.1 Å². The Labute approximate surface area is 147 Å². The number of nitrogens with zero attached hydrogens (tertiary/aromatic N) is 2. The highest BCUT2D eigenvalue weighted by atomic mass is 16.5. The van der Waals surface area contributed by atoms with Gasteiger partial charge in [-0.15, -0.1) is 0 Å². The highest BCUT2D eigenvalue weighted by Crippen LogP contribution is 2.16. The van der Waals surface area contributed by atoms with Crippen LogP contribution in [0, 0.1) is 0 Å². The predicted molar refractivity (Wildman–Crippen MR) is 99.4 cm³/mol. The molecule has 0 radical (unpaired) electrons. The molecule has 0 saturated heterocycles. The summed E-state index contributed by atoms with van der Waals surface area (Å²) in [5.74, 6) is 0.711. The molecule has 128 valence electrons. The molecular formula is C20H22N4O. The van der Waals surface area contributed by atoms with Gasteiger partial charge in [0, 0.05) is 31.0 Å². The fourth-order valence-electron chi connectivity index (χ4n) is 2.48. The first-order chi connectivity index (χ1) is 12.3. The van der Waals surface area contributed by atoms with E-state index < -0.39 is 0 Å². The van der Waals surface area contributed by atoms with E-state index >= 15 is 0 Å². The second kappa shape index (κ2) is 8.80. The lowest BCUT2D eigenvalue weighted by Gasteiger charge is -2.14. The van der Waals surface area contributed by atoms with Crippen LogP contribution < -0.4 is 15.8 Å². The highest BCUT2D eigenvalue weighted by Gasteiger charge is 2.06. The lowest BCUT2D eigenvalue weighted by atomic mass is 10.1. The molecule has 0 spiro atoms. The van der Waals surface area contributed by atoms with Crippen LogP contribution in [0.25, 0.3) is 0 Å². The molecule has 0 aliphatic carbocycles. The maximum Gasteiger partial charge on any atom is 0.139 e. The zero-order valence-corrected chi connectivity index (χ0v) is 14.0. The van der Waals surface area contributed by atoms with Gasteiger partial charge in [0.2, 0.25) is 0 Å². The van der Waals surface area contributed by atoms with Gasteiger partial charge in [-0.25, -0.2) is 0 Å². The van der Waals surface area contributed by atoms with Crippen molar-refractivity contribution in [3.05, 3.63) is 84.4 Å². The van der Waals surface area contributed by atoms with E-state index in [1.54, 1.807) is 24.8 Å². The van der Waals surface area contributed by atoms with E-state index in [4.69, 9.17) is 10.5 Å². The van der Waals surface area contributed by atoms with Gasteiger partial charge in [0.1, 0.15) is 12.4 Å². The van der Waals surface area contributed by atoms with Gasteiger partial charge in [0.25, 0.3) is 0 Å². The summed E-state index contributed by atoms with van der Waals surface area (Å²) in [6, 6.07) is 16.0. The van der Waals surface area contributed by atoms with Crippen LogP contribution in [0.15, 0.2) is 73.3 Å². The average molecular weight is 334 g/mol. The lowest BCUT2D eigenvalue weighted by Crippen LogP contribution is -2.30. The maximum absolute atomic E-state index is 6.16. The van der Waals surface area contributed by atoms with Crippen molar-refractivity contribution >= 4 is 5.69 Å². The molecular weight excluding hydrogens is 312 g/mol. The Morgan fingerprint density at radius 1 is 0.960 bits per heavy atom. The summed E-state index contributed by atoms with van der Waals surface area (Å²) in [5.41, 5.74) is 9.44. The minimum Gasteiger partial charge on any atom is -0.490 e. The molecule has 2 heterocycles. The molecule has 0 saturated carbocycles. The first-order valence-corrected chi connectivity index (χ1v) is 8.30. The smallest absolute Gasteiger partial charge is 0.139 e. The van der Waals surface area contributed by atoms with Crippen LogP contribution in [0.1, 0.15) is 11.1 Å². The maximum atomic E-state index is 6.16. The van der Waals surface area contributed by atoms with E-state index in [0.717, 1.165) is 17.7 Å². The summed E-state index contributed by atoms with van der Waals surface area (Å²) in [7, 11) is 0. The average Bonchev–Trinajstić information content (AvgIpc) is 2.67. The Kier molecular flexibility index (Phi) is 5.96. The summed E-state index contributed by atoms with van der Waals surface area (Å²) >= 11 is 0. The van der Waals surface area contributed by atoms with Crippen molar-refractivity contribution in [1.29, 1.82) is 0 Å². The van der Waals surface area contributed by atoms with Crippen LogP contribution in [0.4, 0.5) is 5.69 Å². The second-order valence-electron chi connectivity index (χ2n) is 5.88. The molecule has 1 atom stereocenters. The minimum absolute atomic E-state index is 0.0594. The van der Waals surface area contributed by atoms with E-state index in [0.29, 0.717) is 18.9 Å². The van der Waals surface area contributed by atoms with Crippen molar-refractivity contribution in [3.63, 3.8) is 0 Å². The zero-order valence-electron chi connectivity index (χ0n) is 14.0. The molecule has 5 nitrogen and oxygen atoms in total. The van der Waals surface area contributed by atoms with E-state index in [2.05, 4.69) is 27.4 Å². The quantitative estimate of drug-likeness (QED) is 0.662.